The number of anilines is 2. The van der Waals surface area contributed by atoms with Crippen LogP contribution in [0.4, 0.5) is 15.9 Å². The molecule has 3 heterocycles. The summed E-state index contributed by atoms with van der Waals surface area (Å²) >= 11 is 6.74. The van der Waals surface area contributed by atoms with Crippen LogP contribution in [0.15, 0.2) is 24.5 Å². The van der Waals surface area contributed by atoms with Gasteiger partial charge in [0.25, 0.3) is 0 Å². The molecular weight excluding hydrogens is 554 g/mol. The molecule has 2 atom stereocenters. The van der Waals surface area contributed by atoms with Gasteiger partial charge in [0, 0.05) is 19.8 Å². The fourth-order valence-electron chi connectivity index (χ4n) is 5.78. The molecule has 5 rings (SSSR count). The van der Waals surface area contributed by atoms with Gasteiger partial charge in [0.05, 0.1) is 0 Å². The summed E-state index contributed by atoms with van der Waals surface area (Å²) in [7, 11) is 0. The van der Waals surface area contributed by atoms with Crippen LogP contribution in [0, 0.1) is 11.9 Å². The van der Waals surface area contributed by atoms with Gasteiger partial charge in [-0.25, -0.2) is 0 Å². The summed E-state index contributed by atoms with van der Waals surface area (Å²) in [4.78, 5) is 8.52. The van der Waals surface area contributed by atoms with Crippen molar-refractivity contribution >= 4 is 38.9 Å². The summed E-state index contributed by atoms with van der Waals surface area (Å²) in [6, 6.07) is 4.13. The van der Waals surface area contributed by atoms with Crippen molar-refractivity contribution in [1.82, 2.24) is 9.97 Å². The van der Waals surface area contributed by atoms with E-state index in [0.29, 0.717) is 33.9 Å². The molecule has 0 amide bonds. The first kappa shape index (κ1) is 27.2. The molecule has 0 unspecified atom stereocenters. The van der Waals surface area contributed by atoms with Gasteiger partial charge in [-0.05, 0) is 18.8 Å². The van der Waals surface area contributed by atoms with Crippen LogP contribution >= 0.6 is 11.6 Å². The Morgan fingerprint density at radius 2 is 1.78 bits per heavy atom. The first-order chi connectivity index (χ1) is 18.0. The Morgan fingerprint density at radius 1 is 1.00 bits per heavy atom. The van der Waals surface area contributed by atoms with E-state index in [4.69, 9.17) is 16.3 Å². The van der Waals surface area contributed by atoms with E-state index < -0.39 is 5.95 Å². The fraction of sp³-hybridized carbons (Fsp3) is 0.643. The Labute approximate surface area is 231 Å². The van der Waals surface area contributed by atoms with Gasteiger partial charge in [-0.1, -0.05) is 0 Å². The van der Waals surface area contributed by atoms with E-state index in [1.165, 1.54) is 38.3 Å². The first-order valence-electron chi connectivity index (χ1n) is 13.8. The van der Waals surface area contributed by atoms with Gasteiger partial charge in [-0.15, -0.1) is 0 Å². The standard InChI is InChI=1S/C28H38AsClFN4O2/c30-24-17-33-27(35-21-7-5-20(6-8-21)29-23-3-1-2-4-26(23)36)14-22(24)19-13-25(28(31)34-16-19)32-15-18-9-11-37-12-10-18/h13-14,16-18,20-21,23,26,32,36H,1-12,15H2,(H,33,35)/t20?,21?,23-,26-/m0/s1. The third kappa shape index (κ3) is 7.38. The van der Waals surface area contributed by atoms with Crippen LogP contribution in [0.1, 0.15) is 64.2 Å². The Kier molecular flexibility index (Phi) is 9.62. The van der Waals surface area contributed by atoms with Crippen molar-refractivity contribution in [2.24, 2.45) is 5.92 Å². The molecule has 1 radical (unpaired) electrons. The van der Waals surface area contributed by atoms with Gasteiger partial charge >= 0.3 is 184 Å². The molecule has 2 aromatic rings. The van der Waals surface area contributed by atoms with Gasteiger partial charge < -0.3 is 4.74 Å². The summed E-state index contributed by atoms with van der Waals surface area (Å²) in [5, 5.41) is 17.8. The fourth-order valence-corrected chi connectivity index (χ4v) is 9.80. The number of hydrogen-bond acceptors (Lipinski definition) is 6. The summed E-state index contributed by atoms with van der Waals surface area (Å²) < 4.78 is 21.3. The molecule has 9 heteroatoms. The molecule has 2 aromatic heterocycles. The van der Waals surface area contributed by atoms with E-state index in [0.717, 1.165) is 67.0 Å². The number of aromatic nitrogens is 2. The van der Waals surface area contributed by atoms with E-state index in [1.54, 1.807) is 12.3 Å². The third-order valence-electron chi connectivity index (χ3n) is 8.07. The van der Waals surface area contributed by atoms with Crippen LogP contribution < -0.4 is 10.6 Å². The van der Waals surface area contributed by atoms with Gasteiger partial charge in [0.15, 0.2) is 0 Å². The molecule has 2 aliphatic carbocycles. The SMILES string of the molecule is O[C@H]1CCCC[C@@H]1[As]C1CCC(Nc2cc(-c3cnc(F)c(NCC4CCOCC4)c3)c(Cl)cn2)CC1. The molecule has 3 aliphatic rings. The summed E-state index contributed by atoms with van der Waals surface area (Å²) in [6.45, 7) is 2.23. The molecule has 1 aliphatic heterocycles. The molecule has 0 bridgehead atoms. The topological polar surface area (TPSA) is 79.3 Å². The number of nitrogens with one attached hydrogen (secondary N) is 2. The Hall–Kier alpha value is -1.40. The molecule has 1 saturated heterocycles. The average molecular weight is 592 g/mol. The van der Waals surface area contributed by atoms with Crippen LogP contribution in [-0.2, 0) is 4.74 Å². The van der Waals surface area contributed by atoms with E-state index in [1.807, 2.05) is 6.07 Å². The quantitative estimate of drug-likeness (QED) is 0.245. The summed E-state index contributed by atoms with van der Waals surface area (Å²) in [5.41, 5.74) is 1.96. The van der Waals surface area contributed by atoms with E-state index in [9.17, 15) is 9.50 Å². The Morgan fingerprint density at radius 3 is 2.57 bits per heavy atom. The van der Waals surface area contributed by atoms with Crippen LogP contribution in [0.25, 0.3) is 11.1 Å². The van der Waals surface area contributed by atoms with Crippen molar-refractivity contribution in [3.8, 4) is 11.1 Å². The molecule has 2 saturated carbocycles. The van der Waals surface area contributed by atoms with Crippen molar-refractivity contribution < 1.29 is 14.2 Å². The van der Waals surface area contributed by atoms with E-state index in [-0.39, 0.29) is 21.9 Å². The predicted molar refractivity (Wildman–Crippen MR) is 148 cm³/mol. The normalized spacial score (nSPS) is 27.4. The average Bonchev–Trinajstić information content (AvgIpc) is 2.92. The number of pyridine rings is 2. The van der Waals surface area contributed by atoms with Crippen molar-refractivity contribution in [3.63, 3.8) is 0 Å². The molecule has 37 heavy (non-hydrogen) atoms. The van der Waals surface area contributed by atoms with Crippen molar-refractivity contribution in [3.05, 3.63) is 35.5 Å². The summed E-state index contributed by atoms with van der Waals surface area (Å²) in [6.07, 6.45) is 14.5. The Balaban J connectivity index is 1.18. The predicted octanol–water partition coefficient (Wildman–Crippen LogP) is 6.35. The van der Waals surface area contributed by atoms with Gasteiger partial charge in [-0.3, -0.25) is 0 Å². The minimum absolute atomic E-state index is 0.0557. The molecule has 6 nitrogen and oxygen atoms in total. The Bertz CT molecular complexity index is 1030. The molecule has 0 aromatic carbocycles. The number of halogens is 2. The van der Waals surface area contributed by atoms with Crippen LogP contribution in [0.5, 0.6) is 0 Å². The second kappa shape index (κ2) is 13.1. The molecule has 201 valence electrons. The monoisotopic (exact) mass is 591 g/mol. The van der Waals surface area contributed by atoms with Crippen LogP contribution in [0.3, 0.4) is 0 Å². The van der Waals surface area contributed by atoms with Crippen LogP contribution in [-0.4, -0.2) is 62.7 Å². The maximum atomic E-state index is 14.5. The molecule has 0 spiro atoms. The number of aliphatic hydroxyl groups excluding tert-OH is 1. The zero-order valence-electron chi connectivity index (χ0n) is 21.3. The van der Waals surface area contributed by atoms with Gasteiger partial charge in [0.2, 0.25) is 0 Å². The maximum absolute atomic E-state index is 14.5. The first-order valence-corrected chi connectivity index (χ1v) is 16.4. The molecule has 3 N–H and O–H groups in total. The zero-order valence-corrected chi connectivity index (χ0v) is 24.0. The zero-order chi connectivity index (χ0) is 25.6. The number of rotatable bonds is 8. The number of aliphatic hydroxyl groups is 1. The van der Waals surface area contributed by atoms with Gasteiger partial charge in [0.1, 0.15) is 0 Å². The second-order valence-electron chi connectivity index (χ2n) is 10.8. The number of nitrogens with zero attached hydrogens (tertiary/aromatic N) is 2. The molecule has 3 fully saturated rings. The third-order valence-corrected chi connectivity index (χ3v) is 12.4. The number of hydrogen-bond donors (Lipinski definition) is 3. The van der Waals surface area contributed by atoms with E-state index >= 15 is 0 Å². The minimum atomic E-state index is -0.501. The van der Waals surface area contributed by atoms with Crippen molar-refractivity contribution in [2.45, 2.75) is 85.8 Å². The molecular formula is C28H38AsClFN4O2. The van der Waals surface area contributed by atoms with E-state index in [2.05, 4.69) is 20.6 Å². The number of ether oxygens (including phenoxy) is 1. The summed E-state index contributed by atoms with van der Waals surface area (Å²) in [5.74, 6) is 0.765. The van der Waals surface area contributed by atoms with Crippen LogP contribution in [0.2, 0.25) is 14.4 Å². The van der Waals surface area contributed by atoms with Gasteiger partial charge in [-0.2, -0.15) is 4.39 Å². The van der Waals surface area contributed by atoms with Crippen molar-refractivity contribution in [1.29, 1.82) is 0 Å². The second-order valence-corrected chi connectivity index (χ2v) is 14.7. The van der Waals surface area contributed by atoms with Crippen molar-refractivity contribution in [2.75, 3.05) is 30.4 Å².